The van der Waals surface area contributed by atoms with Gasteiger partial charge >= 0.3 is 0 Å². The molecular weight excluding hydrogens is 252 g/mol. The van der Waals surface area contributed by atoms with Crippen LogP contribution in [0.4, 0.5) is 0 Å². The molecule has 0 spiro atoms. The molecule has 0 aliphatic rings. The molecule has 0 saturated carbocycles. The molecule has 2 atom stereocenters. The zero-order chi connectivity index (χ0) is 13.8. The van der Waals surface area contributed by atoms with Gasteiger partial charge in [0.05, 0.1) is 4.90 Å². The van der Waals surface area contributed by atoms with Crippen LogP contribution in [0, 0.1) is 5.92 Å². The van der Waals surface area contributed by atoms with E-state index in [-0.39, 0.29) is 16.5 Å². The summed E-state index contributed by atoms with van der Waals surface area (Å²) in [5, 5.41) is 0. The third kappa shape index (κ3) is 4.27. The highest BCUT2D eigenvalue weighted by atomic mass is 32.2. The molecule has 0 aliphatic carbocycles. The molecular formula is C12H20N2O3S. The van der Waals surface area contributed by atoms with Gasteiger partial charge < -0.3 is 4.98 Å². The average molecular weight is 272 g/mol. The molecule has 1 aromatic rings. The van der Waals surface area contributed by atoms with E-state index in [1.165, 1.54) is 18.3 Å². The average Bonchev–Trinajstić information content (AvgIpc) is 2.28. The zero-order valence-corrected chi connectivity index (χ0v) is 11.8. The molecule has 6 heteroatoms. The van der Waals surface area contributed by atoms with Crippen LogP contribution in [0.3, 0.4) is 0 Å². The van der Waals surface area contributed by atoms with Crippen LogP contribution in [0.25, 0.3) is 0 Å². The molecule has 2 unspecified atom stereocenters. The maximum atomic E-state index is 12.0. The quantitative estimate of drug-likeness (QED) is 0.823. The van der Waals surface area contributed by atoms with Gasteiger partial charge in [-0.15, -0.1) is 0 Å². The summed E-state index contributed by atoms with van der Waals surface area (Å²) in [4.78, 5) is 13.3. The Balaban J connectivity index is 2.76. The van der Waals surface area contributed by atoms with E-state index in [9.17, 15) is 13.2 Å². The van der Waals surface area contributed by atoms with Gasteiger partial charge in [0, 0.05) is 18.3 Å². The number of pyridine rings is 1. The van der Waals surface area contributed by atoms with Crippen molar-refractivity contribution in [1.29, 1.82) is 0 Å². The lowest BCUT2D eigenvalue weighted by atomic mass is 10.0. The van der Waals surface area contributed by atoms with Crippen molar-refractivity contribution in [3.63, 3.8) is 0 Å². The molecule has 0 bridgehead atoms. The van der Waals surface area contributed by atoms with Crippen molar-refractivity contribution in [1.82, 2.24) is 9.71 Å². The maximum Gasteiger partial charge on any atom is 0.247 e. The van der Waals surface area contributed by atoms with Gasteiger partial charge in [-0.1, -0.05) is 20.3 Å². The first kappa shape index (κ1) is 14.9. The number of rotatable bonds is 6. The monoisotopic (exact) mass is 272 g/mol. The Labute approximate surface area is 108 Å². The van der Waals surface area contributed by atoms with E-state index < -0.39 is 10.0 Å². The van der Waals surface area contributed by atoms with Crippen LogP contribution in [0.5, 0.6) is 0 Å². The van der Waals surface area contributed by atoms with Crippen LogP contribution in [-0.2, 0) is 10.0 Å². The Morgan fingerprint density at radius 3 is 2.50 bits per heavy atom. The summed E-state index contributed by atoms with van der Waals surface area (Å²) < 4.78 is 26.6. The number of aromatic nitrogens is 1. The lowest BCUT2D eigenvalue weighted by Gasteiger charge is -2.17. The Kier molecular flexibility index (Phi) is 5.10. The minimum atomic E-state index is -3.55. The van der Waals surface area contributed by atoms with Crippen LogP contribution >= 0.6 is 0 Å². The Hall–Kier alpha value is -1.14. The van der Waals surface area contributed by atoms with Crippen molar-refractivity contribution in [3.8, 4) is 0 Å². The van der Waals surface area contributed by atoms with Crippen molar-refractivity contribution in [2.24, 2.45) is 5.92 Å². The van der Waals surface area contributed by atoms with Gasteiger partial charge in [-0.3, -0.25) is 4.79 Å². The fraction of sp³-hybridized carbons (Fsp3) is 0.583. The predicted molar refractivity (Wildman–Crippen MR) is 70.9 cm³/mol. The molecule has 0 fully saturated rings. The first-order valence-corrected chi connectivity index (χ1v) is 7.54. The van der Waals surface area contributed by atoms with Crippen LogP contribution in [0.1, 0.15) is 33.6 Å². The molecule has 0 amide bonds. The smallest absolute Gasteiger partial charge is 0.247 e. The van der Waals surface area contributed by atoms with E-state index in [1.54, 1.807) is 0 Å². The molecule has 0 aromatic carbocycles. The normalized spacial score (nSPS) is 15.3. The SMILES string of the molecule is CCC(C)CC(C)NS(=O)(=O)c1ccc(=O)[nH]c1. The minimum absolute atomic E-state index is 0.0816. The zero-order valence-electron chi connectivity index (χ0n) is 10.9. The number of hydrogen-bond donors (Lipinski definition) is 2. The highest BCUT2D eigenvalue weighted by Gasteiger charge is 2.18. The molecule has 0 radical (unpaired) electrons. The van der Waals surface area contributed by atoms with E-state index in [1.807, 2.05) is 6.92 Å². The van der Waals surface area contributed by atoms with Crippen molar-refractivity contribution >= 4 is 10.0 Å². The molecule has 102 valence electrons. The van der Waals surface area contributed by atoms with Gasteiger partial charge in [-0.05, 0) is 25.3 Å². The van der Waals surface area contributed by atoms with Gasteiger partial charge in [-0.25, -0.2) is 13.1 Å². The highest BCUT2D eigenvalue weighted by molar-refractivity contribution is 7.89. The predicted octanol–water partition coefficient (Wildman–Crippen LogP) is 1.48. The second-order valence-corrected chi connectivity index (χ2v) is 6.37. The molecule has 2 N–H and O–H groups in total. The third-order valence-corrected chi connectivity index (χ3v) is 4.46. The maximum absolute atomic E-state index is 12.0. The number of sulfonamides is 1. The lowest BCUT2D eigenvalue weighted by Crippen LogP contribution is -2.34. The molecule has 1 heterocycles. The molecule has 1 rings (SSSR count). The second-order valence-electron chi connectivity index (χ2n) is 4.66. The summed E-state index contributed by atoms with van der Waals surface area (Å²) in [6.45, 7) is 6.01. The van der Waals surface area contributed by atoms with Crippen LogP contribution in [0.2, 0.25) is 0 Å². The number of nitrogens with one attached hydrogen (secondary N) is 2. The van der Waals surface area contributed by atoms with E-state index in [0.29, 0.717) is 5.92 Å². The fourth-order valence-electron chi connectivity index (χ4n) is 1.71. The van der Waals surface area contributed by atoms with Crippen molar-refractivity contribution in [3.05, 3.63) is 28.7 Å². The van der Waals surface area contributed by atoms with E-state index in [4.69, 9.17) is 0 Å². The van der Waals surface area contributed by atoms with Gasteiger partial charge in [-0.2, -0.15) is 0 Å². The van der Waals surface area contributed by atoms with Gasteiger partial charge in [0.1, 0.15) is 0 Å². The van der Waals surface area contributed by atoms with Crippen molar-refractivity contribution in [2.75, 3.05) is 0 Å². The van der Waals surface area contributed by atoms with Crippen LogP contribution < -0.4 is 10.3 Å². The first-order valence-electron chi connectivity index (χ1n) is 6.06. The highest BCUT2D eigenvalue weighted by Crippen LogP contribution is 2.12. The molecule has 0 aliphatic heterocycles. The third-order valence-electron chi connectivity index (χ3n) is 2.88. The minimum Gasteiger partial charge on any atom is -0.328 e. The topological polar surface area (TPSA) is 79.0 Å². The van der Waals surface area contributed by atoms with Gasteiger partial charge in [0.2, 0.25) is 15.6 Å². The molecule has 1 aromatic heterocycles. The summed E-state index contributed by atoms with van der Waals surface area (Å²) >= 11 is 0. The van der Waals surface area contributed by atoms with Crippen molar-refractivity contribution < 1.29 is 8.42 Å². The van der Waals surface area contributed by atoms with E-state index >= 15 is 0 Å². The Morgan fingerprint density at radius 1 is 1.33 bits per heavy atom. The van der Waals surface area contributed by atoms with E-state index in [0.717, 1.165) is 12.8 Å². The number of H-pyrrole nitrogens is 1. The fourth-order valence-corrected chi connectivity index (χ4v) is 2.94. The standard InChI is InChI=1S/C12H20N2O3S/c1-4-9(2)7-10(3)14-18(16,17)11-5-6-12(15)13-8-11/h5-6,8-10,14H,4,7H2,1-3H3,(H,13,15). The van der Waals surface area contributed by atoms with E-state index in [2.05, 4.69) is 23.6 Å². The Bertz CT molecular complexity index is 516. The van der Waals surface area contributed by atoms with Crippen LogP contribution in [-0.4, -0.2) is 19.4 Å². The largest absolute Gasteiger partial charge is 0.328 e. The summed E-state index contributed by atoms with van der Waals surface area (Å²) in [5.74, 6) is 0.471. The molecule has 18 heavy (non-hydrogen) atoms. The van der Waals surface area contributed by atoms with Gasteiger partial charge in [0.25, 0.3) is 0 Å². The second kappa shape index (κ2) is 6.15. The lowest BCUT2D eigenvalue weighted by molar-refractivity contribution is 0.445. The summed E-state index contributed by atoms with van der Waals surface area (Å²) in [6.07, 6.45) is 3.02. The van der Waals surface area contributed by atoms with Crippen LogP contribution in [0.15, 0.2) is 28.0 Å². The molecule has 0 saturated heterocycles. The molecule has 5 nitrogen and oxygen atoms in total. The summed E-state index contributed by atoms with van der Waals surface area (Å²) in [5.41, 5.74) is -0.318. The van der Waals surface area contributed by atoms with Crippen molar-refractivity contribution in [2.45, 2.75) is 44.6 Å². The first-order chi connectivity index (χ1) is 8.35. The number of hydrogen-bond acceptors (Lipinski definition) is 3. The summed E-state index contributed by atoms with van der Waals surface area (Å²) in [6, 6.07) is 2.38. The summed E-state index contributed by atoms with van der Waals surface area (Å²) in [7, 11) is -3.55. The Morgan fingerprint density at radius 2 is 2.00 bits per heavy atom. The number of aromatic amines is 1. The van der Waals surface area contributed by atoms with Gasteiger partial charge in [0.15, 0.2) is 0 Å².